The predicted molar refractivity (Wildman–Crippen MR) is 103 cm³/mol. The van der Waals surface area contributed by atoms with E-state index in [4.69, 9.17) is 10.5 Å². The fourth-order valence-corrected chi connectivity index (χ4v) is 3.11. The summed E-state index contributed by atoms with van der Waals surface area (Å²) in [5.41, 5.74) is 7.76. The van der Waals surface area contributed by atoms with Crippen LogP contribution in [0, 0.1) is 0 Å². The zero-order valence-electron chi connectivity index (χ0n) is 16.5. The minimum Gasteiger partial charge on any atom is -0.444 e. The summed E-state index contributed by atoms with van der Waals surface area (Å²) < 4.78 is 5.44. The average Bonchev–Trinajstić information content (AvgIpc) is 2.52. The number of benzene rings is 1. The van der Waals surface area contributed by atoms with E-state index in [0.717, 1.165) is 18.4 Å². The number of amides is 2. The van der Waals surface area contributed by atoms with E-state index in [2.05, 4.69) is 5.32 Å². The van der Waals surface area contributed by atoms with Gasteiger partial charge in [-0.1, -0.05) is 0 Å². The largest absolute Gasteiger partial charge is 0.444 e. The minimum atomic E-state index is -0.486. The van der Waals surface area contributed by atoms with Crippen LogP contribution in [0.4, 0.5) is 10.5 Å². The molecule has 0 atom stereocenters. The number of nitrogens with zero attached hydrogens (tertiary/aromatic N) is 1. The molecule has 0 radical (unpaired) electrons. The van der Waals surface area contributed by atoms with Gasteiger partial charge in [0.1, 0.15) is 5.60 Å². The van der Waals surface area contributed by atoms with Gasteiger partial charge in [0.25, 0.3) is 5.91 Å². The van der Waals surface area contributed by atoms with Gasteiger partial charge in [-0.05, 0) is 77.1 Å². The van der Waals surface area contributed by atoms with Gasteiger partial charge >= 0.3 is 6.09 Å². The lowest BCUT2D eigenvalue weighted by Gasteiger charge is -2.33. The summed E-state index contributed by atoms with van der Waals surface area (Å²) in [5, 5.41) is 2.90. The fourth-order valence-electron chi connectivity index (χ4n) is 3.11. The van der Waals surface area contributed by atoms with Crippen molar-refractivity contribution < 1.29 is 14.3 Å². The first kappa shape index (κ1) is 20.1. The molecule has 1 aromatic rings. The van der Waals surface area contributed by atoms with Crippen molar-refractivity contribution in [1.29, 1.82) is 0 Å². The zero-order valence-corrected chi connectivity index (χ0v) is 16.5. The van der Waals surface area contributed by atoms with Crippen LogP contribution in [0.25, 0.3) is 0 Å². The van der Waals surface area contributed by atoms with Gasteiger partial charge in [-0.2, -0.15) is 0 Å². The lowest BCUT2D eigenvalue weighted by molar-refractivity contribution is 0.0205. The highest BCUT2D eigenvalue weighted by Crippen LogP contribution is 2.30. The van der Waals surface area contributed by atoms with Gasteiger partial charge in [0.05, 0.1) is 0 Å². The van der Waals surface area contributed by atoms with Crippen molar-refractivity contribution in [2.45, 2.75) is 65.0 Å². The van der Waals surface area contributed by atoms with E-state index in [1.807, 2.05) is 46.8 Å². The molecule has 1 aliphatic heterocycles. The molecule has 26 heavy (non-hydrogen) atoms. The van der Waals surface area contributed by atoms with Crippen molar-refractivity contribution in [2.24, 2.45) is 0 Å². The second kappa shape index (κ2) is 7.98. The molecule has 144 valence electrons. The molecule has 0 aromatic heterocycles. The van der Waals surface area contributed by atoms with E-state index in [1.54, 1.807) is 11.0 Å². The molecule has 1 fully saturated rings. The van der Waals surface area contributed by atoms with Crippen LogP contribution >= 0.6 is 0 Å². The van der Waals surface area contributed by atoms with E-state index in [1.165, 1.54) is 0 Å². The van der Waals surface area contributed by atoms with Crippen molar-refractivity contribution in [3.8, 4) is 0 Å². The second-order valence-electron chi connectivity index (χ2n) is 8.26. The highest BCUT2D eigenvalue weighted by Gasteiger charge is 2.28. The topological polar surface area (TPSA) is 84.7 Å². The van der Waals surface area contributed by atoms with E-state index >= 15 is 0 Å². The molecule has 1 aromatic carbocycles. The quantitative estimate of drug-likeness (QED) is 0.807. The predicted octanol–water partition coefficient (Wildman–Crippen LogP) is 3.52. The lowest BCUT2D eigenvalue weighted by Crippen LogP contribution is -2.41. The van der Waals surface area contributed by atoms with Gasteiger partial charge in [-0.15, -0.1) is 0 Å². The van der Waals surface area contributed by atoms with Gasteiger partial charge in [-0.25, -0.2) is 4.79 Å². The van der Waals surface area contributed by atoms with Crippen molar-refractivity contribution in [3.05, 3.63) is 29.3 Å². The highest BCUT2D eigenvalue weighted by atomic mass is 16.6. The first-order chi connectivity index (χ1) is 12.0. The second-order valence-corrected chi connectivity index (χ2v) is 8.26. The molecule has 6 heteroatoms. The van der Waals surface area contributed by atoms with Crippen LogP contribution in [0.15, 0.2) is 18.2 Å². The molecule has 1 saturated heterocycles. The number of piperidine rings is 1. The van der Waals surface area contributed by atoms with E-state index in [0.29, 0.717) is 24.3 Å². The monoisotopic (exact) mass is 361 g/mol. The number of hydrogen-bond acceptors (Lipinski definition) is 4. The third-order valence-electron chi connectivity index (χ3n) is 4.28. The number of hydrogen-bond donors (Lipinski definition) is 2. The van der Waals surface area contributed by atoms with Crippen molar-refractivity contribution in [1.82, 2.24) is 10.2 Å². The van der Waals surface area contributed by atoms with Crippen LogP contribution in [0.5, 0.6) is 0 Å². The summed E-state index contributed by atoms with van der Waals surface area (Å²) in [4.78, 5) is 26.2. The Balaban J connectivity index is 2.04. The standard InChI is InChI=1S/C20H31N3O3/c1-13(2)22-18(24)16-10-15(11-17(21)12-16)14-6-8-23(9-7-14)19(25)26-20(3,4)5/h10-14H,6-9,21H2,1-5H3,(H,22,24). The average molecular weight is 361 g/mol. The number of carbonyl (C=O) groups is 2. The molecule has 0 saturated carbocycles. The first-order valence-electron chi connectivity index (χ1n) is 9.24. The van der Waals surface area contributed by atoms with Crippen LogP contribution < -0.4 is 11.1 Å². The summed E-state index contributed by atoms with van der Waals surface area (Å²) >= 11 is 0. The lowest BCUT2D eigenvalue weighted by atomic mass is 9.88. The van der Waals surface area contributed by atoms with E-state index in [9.17, 15) is 9.59 Å². The minimum absolute atomic E-state index is 0.0736. The Morgan fingerprint density at radius 2 is 1.81 bits per heavy atom. The van der Waals surface area contributed by atoms with Gasteiger partial charge in [-0.3, -0.25) is 4.79 Å². The number of nitrogen functional groups attached to an aromatic ring is 1. The molecule has 3 N–H and O–H groups in total. The van der Waals surface area contributed by atoms with Gasteiger partial charge in [0, 0.05) is 30.4 Å². The summed E-state index contributed by atoms with van der Waals surface area (Å²) in [7, 11) is 0. The molecule has 6 nitrogen and oxygen atoms in total. The van der Waals surface area contributed by atoms with E-state index in [-0.39, 0.29) is 24.0 Å². The Morgan fingerprint density at radius 3 is 2.35 bits per heavy atom. The van der Waals surface area contributed by atoms with Crippen LogP contribution in [-0.4, -0.2) is 41.6 Å². The highest BCUT2D eigenvalue weighted by molar-refractivity contribution is 5.95. The normalized spacial score (nSPS) is 15.8. The van der Waals surface area contributed by atoms with Gasteiger partial charge < -0.3 is 20.7 Å². The smallest absolute Gasteiger partial charge is 0.410 e. The van der Waals surface area contributed by atoms with Gasteiger partial charge in [0.15, 0.2) is 0 Å². The molecule has 0 spiro atoms. The molecule has 1 heterocycles. The Kier molecular flexibility index (Phi) is 6.16. The summed E-state index contributed by atoms with van der Waals surface area (Å²) in [5.74, 6) is 0.169. The van der Waals surface area contributed by atoms with Crippen LogP contribution in [0.2, 0.25) is 0 Å². The molecule has 0 unspecified atom stereocenters. The molecular formula is C20H31N3O3. The maximum atomic E-state index is 12.3. The third kappa shape index (κ3) is 5.64. The number of nitrogens with two attached hydrogens (primary N) is 1. The number of rotatable bonds is 3. The molecule has 0 bridgehead atoms. The Hall–Kier alpha value is -2.24. The van der Waals surface area contributed by atoms with Crippen molar-refractivity contribution >= 4 is 17.7 Å². The molecular weight excluding hydrogens is 330 g/mol. The first-order valence-corrected chi connectivity index (χ1v) is 9.24. The van der Waals surface area contributed by atoms with Crippen LogP contribution in [0.1, 0.15) is 69.3 Å². The number of carbonyl (C=O) groups excluding carboxylic acids is 2. The Morgan fingerprint density at radius 1 is 1.19 bits per heavy atom. The molecule has 2 amide bonds. The third-order valence-corrected chi connectivity index (χ3v) is 4.28. The molecule has 0 aliphatic carbocycles. The maximum absolute atomic E-state index is 12.3. The van der Waals surface area contributed by atoms with Crippen LogP contribution in [0.3, 0.4) is 0 Å². The van der Waals surface area contributed by atoms with E-state index < -0.39 is 5.60 Å². The number of ether oxygens (including phenoxy) is 1. The van der Waals surface area contributed by atoms with Crippen molar-refractivity contribution in [3.63, 3.8) is 0 Å². The number of anilines is 1. The Labute approximate surface area is 156 Å². The zero-order chi connectivity index (χ0) is 19.5. The number of likely N-dealkylation sites (tertiary alicyclic amines) is 1. The maximum Gasteiger partial charge on any atom is 0.410 e. The van der Waals surface area contributed by atoms with Gasteiger partial charge in [0.2, 0.25) is 0 Å². The van der Waals surface area contributed by atoms with Crippen LogP contribution in [-0.2, 0) is 4.74 Å². The molecule has 2 rings (SSSR count). The Bertz CT molecular complexity index is 657. The fraction of sp³-hybridized carbons (Fsp3) is 0.600. The summed E-state index contributed by atoms with van der Waals surface area (Å²) in [6, 6.07) is 5.63. The SMILES string of the molecule is CC(C)NC(=O)c1cc(N)cc(C2CCN(C(=O)OC(C)(C)C)CC2)c1. The van der Waals surface area contributed by atoms with Crippen molar-refractivity contribution in [2.75, 3.05) is 18.8 Å². The summed E-state index contributed by atoms with van der Waals surface area (Å²) in [6.45, 7) is 10.7. The number of nitrogens with one attached hydrogen (secondary N) is 1. The molecule has 1 aliphatic rings. The summed E-state index contributed by atoms with van der Waals surface area (Å²) in [6.07, 6.45) is 1.39.